The molecule has 0 bridgehead atoms. The molecule has 0 aliphatic rings. The van der Waals surface area contributed by atoms with Gasteiger partial charge in [-0.25, -0.2) is 17.9 Å². The molecule has 0 fully saturated rings. The molecule has 3 aromatic rings. The van der Waals surface area contributed by atoms with Gasteiger partial charge in [-0.3, -0.25) is 9.59 Å². The van der Waals surface area contributed by atoms with Crippen LogP contribution in [-0.4, -0.2) is 15.7 Å². The number of nitrogens with zero attached hydrogens (tertiary/aromatic N) is 2. The molecule has 0 aliphatic heterocycles. The van der Waals surface area contributed by atoms with Crippen molar-refractivity contribution >= 4 is 5.91 Å². The Labute approximate surface area is 152 Å². The predicted octanol–water partition coefficient (Wildman–Crippen LogP) is 2.64. The zero-order valence-electron chi connectivity index (χ0n) is 14.0. The van der Waals surface area contributed by atoms with Gasteiger partial charge in [-0.15, -0.1) is 0 Å². The van der Waals surface area contributed by atoms with E-state index < -0.39 is 35.5 Å². The lowest BCUT2D eigenvalue weighted by atomic mass is 10.1. The average molecular weight is 373 g/mol. The molecule has 0 unspecified atom stereocenters. The quantitative estimate of drug-likeness (QED) is 0.748. The minimum Gasteiger partial charge on any atom is -0.350 e. The van der Waals surface area contributed by atoms with Crippen molar-refractivity contribution in [2.45, 2.75) is 13.1 Å². The Bertz CT molecular complexity index is 1010. The minimum atomic E-state index is -0.774. The van der Waals surface area contributed by atoms with E-state index in [0.29, 0.717) is 11.3 Å². The van der Waals surface area contributed by atoms with E-state index in [1.165, 1.54) is 42.5 Å². The Morgan fingerprint density at radius 3 is 2.30 bits per heavy atom. The van der Waals surface area contributed by atoms with Crippen molar-refractivity contribution in [1.82, 2.24) is 15.1 Å². The van der Waals surface area contributed by atoms with Crippen LogP contribution in [0.2, 0.25) is 0 Å². The van der Waals surface area contributed by atoms with E-state index in [1.807, 2.05) is 0 Å². The third-order valence-electron chi connectivity index (χ3n) is 3.82. The second kappa shape index (κ2) is 7.86. The molecular formula is C19H14F3N3O2. The highest BCUT2D eigenvalue weighted by molar-refractivity contribution is 5.75. The van der Waals surface area contributed by atoms with Gasteiger partial charge >= 0.3 is 0 Å². The van der Waals surface area contributed by atoms with Crippen LogP contribution in [0.15, 0.2) is 59.4 Å². The Kier molecular flexibility index (Phi) is 5.35. The van der Waals surface area contributed by atoms with Gasteiger partial charge in [0, 0.05) is 23.7 Å². The molecule has 1 aromatic heterocycles. The molecule has 0 radical (unpaired) electrons. The molecule has 1 heterocycles. The largest absolute Gasteiger partial charge is 0.350 e. The number of rotatable bonds is 5. The lowest BCUT2D eigenvalue weighted by Crippen LogP contribution is -2.33. The summed E-state index contributed by atoms with van der Waals surface area (Å²) in [5.74, 6) is -2.59. The summed E-state index contributed by atoms with van der Waals surface area (Å²) in [6, 6.07) is 11.6. The van der Waals surface area contributed by atoms with Crippen LogP contribution in [0.25, 0.3) is 11.3 Å². The first-order chi connectivity index (χ1) is 12.9. The number of aromatic nitrogens is 2. The molecule has 0 spiro atoms. The highest BCUT2D eigenvalue weighted by Crippen LogP contribution is 2.15. The molecule has 0 saturated carbocycles. The van der Waals surface area contributed by atoms with Gasteiger partial charge in [-0.05, 0) is 42.5 Å². The van der Waals surface area contributed by atoms with Crippen molar-refractivity contribution in [3.63, 3.8) is 0 Å². The monoisotopic (exact) mass is 373 g/mol. The molecule has 0 saturated heterocycles. The lowest BCUT2D eigenvalue weighted by molar-refractivity contribution is -0.122. The van der Waals surface area contributed by atoms with E-state index in [9.17, 15) is 22.8 Å². The number of nitrogens with one attached hydrogen (secondary N) is 1. The summed E-state index contributed by atoms with van der Waals surface area (Å²) in [7, 11) is 0. The Hall–Kier alpha value is -3.42. The van der Waals surface area contributed by atoms with Gasteiger partial charge in [0.1, 0.15) is 24.0 Å². The van der Waals surface area contributed by atoms with Gasteiger partial charge in [0.2, 0.25) is 5.91 Å². The van der Waals surface area contributed by atoms with Gasteiger partial charge in [-0.2, -0.15) is 5.10 Å². The number of carbonyl (C=O) groups excluding carboxylic acids is 1. The molecule has 5 nitrogen and oxygen atoms in total. The maximum absolute atomic E-state index is 13.6. The van der Waals surface area contributed by atoms with E-state index in [2.05, 4.69) is 10.4 Å². The normalized spacial score (nSPS) is 10.6. The fourth-order valence-electron chi connectivity index (χ4n) is 2.42. The highest BCUT2D eigenvalue weighted by atomic mass is 19.1. The zero-order chi connectivity index (χ0) is 19.4. The summed E-state index contributed by atoms with van der Waals surface area (Å²) < 4.78 is 41.1. The molecule has 3 rings (SSSR count). The average Bonchev–Trinajstić information content (AvgIpc) is 2.64. The SMILES string of the molecule is O=C(Cn1nc(-c2ccc(F)cc2)ccc1=O)NCc1c(F)cccc1F. The predicted molar refractivity (Wildman–Crippen MR) is 92.1 cm³/mol. The Morgan fingerprint density at radius 2 is 1.63 bits per heavy atom. The van der Waals surface area contributed by atoms with E-state index >= 15 is 0 Å². The second-order valence-corrected chi connectivity index (χ2v) is 5.70. The lowest BCUT2D eigenvalue weighted by Gasteiger charge is -2.09. The fourth-order valence-corrected chi connectivity index (χ4v) is 2.42. The van der Waals surface area contributed by atoms with Crippen LogP contribution in [0.3, 0.4) is 0 Å². The van der Waals surface area contributed by atoms with Crippen LogP contribution in [0.4, 0.5) is 13.2 Å². The molecular weight excluding hydrogens is 359 g/mol. The van der Waals surface area contributed by atoms with Crippen molar-refractivity contribution in [3.8, 4) is 11.3 Å². The van der Waals surface area contributed by atoms with Crippen molar-refractivity contribution in [2.75, 3.05) is 0 Å². The molecule has 0 aliphatic carbocycles. The molecule has 138 valence electrons. The Morgan fingerprint density at radius 1 is 0.963 bits per heavy atom. The van der Waals surface area contributed by atoms with Gasteiger partial charge < -0.3 is 5.32 Å². The van der Waals surface area contributed by atoms with Gasteiger partial charge in [0.05, 0.1) is 5.69 Å². The smallest absolute Gasteiger partial charge is 0.267 e. The molecule has 1 N–H and O–H groups in total. The Balaban J connectivity index is 1.73. The second-order valence-electron chi connectivity index (χ2n) is 5.70. The number of halogens is 3. The molecule has 2 aromatic carbocycles. The standard InChI is InChI=1S/C19H14F3N3O2/c20-13-6-4-12(5-7-13)17-8-9-19(27)25(24-17)11-18(26)23-10-14-15(21)2-1-3-16(14)22/h1-9H,10-11H2,(H,23,26). The maximum Gasteiger partial charge on any atom is 0.267 e. The van der Waals surface area contributed by atoms with Crippen LogP contribution in [0.5, 0.6) is 0 Å². The van der Waals surface area contributed by atoms with Gasteiger partial charge in [0.15, 0.2) is 0 Å². The summed E-state index contributed by atoms with van der Waals surface area (Å²) in [6.07, 6.45) is 0. The fraction of sp³-hybridized carbons (Fsp3) is 0.105. The van der Waals surface area contributed by atoms with Crippen LogP contribution in [-0.2, 0) is 17.9 Å². The maximum atomic E-state index is 13.6. The first-order valence-corrected chi connectivity index (χ1v) is 7.98. The number of carbonyl (C=O) groups is 1. The number of benzene rings is 2. The zero-order valence-corrected chi connectivity index (χ0v) is 14.0. The van der Waals surface area contributed by atoms with E-state index in [-0.39, 0.29) is 12.1 Å². The number of hydrogen-bond acceptors (Lipinski definition) is 3. The minimum absolute atomic E-state index is 0.272. The summed E-state index contributed by atoms with van der Waals surface area (Å²) in [5.41, 5.74) is 0.154. The topological polar surface area (TPSA) is 64.0 Å². The summed E-state index contributed by atoms with van der Waals surface area (Å²) >= 11 is 0. The molecule has 27 heavy (non-hydrogen) atoms. The summed E-state index contributed by atoms with van der Waals surface area (Å²) in [6.45, 7) is -0.784. The number of hydrogen-bond donors (Lipinski definition) is 1. The third kappa shape index (κ3) is 4.41. The first-order valence-electron chi connectivity index (χ1n) is 7.98. The van der Waals surface area contributed by atoms with E-state index in [4.69, 9.17) is 0 Å². The van der Waals surface area contributed by atoms with Crippen LogP contribution in [0.1, 0.15) is 5.56 Å². The first kappa shape index (κ1) is 18.4. The number of amides is 1. The van der Waals surface area contributed by atoms with Crippen molar-refractivity contribution in [1.29, 1.82) is 0 Å². The van der Waals surface area contributed by atoms with E-state index in [0.717, 1.165) is 16.8 Å². The van der Waals surface area contributed by atoms with E-state index in [1.54, 1.807) is 0 Å². The van der Waals surface area contributed by atoms with Crippen LogP contribution >= 0.6 is 0 Å². The van der Waals surface area contributed by atoms with Gasteiger partial charge in [-0.1, -0.05) is 6.07 Å². The van der Waals surface area contributed by atoms with Crippen molar-refractivity contribution in [3.05, 3.63) is 88.0 Å². The molecule has 1 amide bonds. The summed E-state index contributed by atoms with van der Waals surface area (Å²) in [5, 5.41) is 6.43. The van der Waals surface area contributed by atoms with Gasteiger partial charge in [0.25, 0.3) is 5.56 Å². The van der Waals surface area contributed by atoms with Crippen LogP contribution < -0.4 is 10.9 Å². The molecule has 0 atom stereocenters. The van der Waals surface area contributed by atoms with Crippen molar-refractivity contribution in [2.24, 2.45) is 0 Å². The highest BCUT2D eigenvalue weighted by Gasteiger charge is 2.12. The summed E-state index contributed by atoms with van der Waals surface area (Å²) in [4.78, 5) is 24.0. The van der Waals surface area contributed by atoms with Crippen LogP contribution in [0, 0.1) is 17.5 Å². The third-order valence-corrected chi connectivity index (χ3v) is 3.82. The molecule has 8 heteroatoms. The van der Waals surface area contributed by atoms with Crippen molar-refractivity contribution < 1.29 is 18.0 Å².